The number of benzene rings is 1. The number of carbonyl (C=O) groups is 1. The van der Waals surface area contributed by atoms with Gasteiger partial charge in [0.2, 0.25) is 0 Å². The van der Waals surface area contributed by atoms with Crippen LogP contribution in [0.25, 0.3) is 6.08 Å². The molecule has 1 rings (SSSR count). The minimum Gasteiger partial charge on any atom is -0.497 e. The van der Waals surface area contributed by atoms with E-state index in [9.17, 15) is 4.79 Å². The van der Waals surface area contributed by atoms with E-state index in [1.165, 1.54) is 0 Å². The molecule has 0 spiro atoms. The van der Waals surface area contributed by atoms with Crippen LogP contribution < -0.4 is 10.5 Å². The Morgan fingerprint density at radius 2 is 2.21 bits per heavy atom. The van der Waals surface area contributed by atoms with E-state index in [4.69, 9.17) is 10.5 Å². The van der Waals surface area contributed by atoms with Crippen LogP contribution in [0, 0.1) is 0 Å². The molecule has 0 bridgehead atoms. The van der Waals surface area contributed by atoms with Gasteiger partial charge in [0.05, 0.1) is 7.11 Å². The lowest BCUT2D eigenvalue weighted by Crippen LogP contribution is -1.93. The molecule has 0 aliphatic rings. The van der Waals surface area contributed by atoms with Gasteiger partial charge in [0.1, 0.15) is 5.75 Å². The number of methoxy groups -OCH3 is 1. The second kappa shape index (κ2) is 5.19. The van der Waals surface area contributed by atoms with Crippen LogP contribution in [-0.4, -0.2) is 19.9 Å². The maximum atomic E-state index is 10.7. The molecule has 74 valence electrons. The summed E-state index contributed by atoms with van der Waals surface area (Å²) < 4.78 is 5.05. The molecule has 0 aliphatic heterocycles. The number of aldehydes is 1. The SMILES string of the molecule is COc1ccc(C=O)c(C=CCN)c1. The molecule has 0 atom stereocenters. The average molecular weight is 191 g/mol. The van der Waals surface area contributed by atoms with Crippen molar-refractivity contribution in [1.29, 1.82) is 0 Å². The highest BCUT2D eigenvalue weighted by Crippen LogP contribution is 2.17. The van der Waals surface area contributed by atoms with Crippen LogP contribution in [0.3, 0.4) is 0 Å². The molecular weight excluding hydrogens is 178 g/mol. The van der Waals surface area contributed by atoms with E-state index in [0.717, 1.165) is 17.6 Å². The first-order chi connectivity index (χ1) is 6.81. The Hall–Kier alpha value is -1.61. The highest BCUT2D eigenvalue weighted by Gasteiger charge is 1.99. The summed E-state index contributed by atoms with van der Waals surface area (Å²) in [5, 5.41) is 0. The molecule has 0 fully saturated rings. The quantitative estimate of drug-likeness (QED) is 0.733. The van der Waals surface area contributed by atoms with Crippen molar-refractivity contribution in [2.75, 3.05) is 13.7 Å². The largest absolute Gasteiger partial charge is 0.497 e. The average Bonchev–Trinajstić information content (AvgIpc) is 2.25. The van der Waals surface area contributed by atoms with Crippen molar-refractivity contribution in [3.05, 3.63) is 35.4 Å². The first-order valence-corrected chi connectivity index (χ1v) is 4.31. The zero-order chi connectivity index (χ0) is 10.4. The minimum atomic E-state index is 0.454. The molecule has 3 nitrogen and oxygen atoms in total. The fourth-order valence-corrected chi connectivity index (χ4v) is 1.13. The third kappa shape index (κ3) is 2.44. The van der Waals surface area contributed by atoms with Crippen molar-refractivity contribution in [2.24, 2.45) is 5.73 Å². The van der Waals surface area contributed by atoms with Crippen molar-refractivity contribution in [2.45, 2.75) is 0 Å². The van der Waals surface area contributed by atoms with Gasteiger partial charge in [0.25, 0.3) is 0 Å². The Morgan fingerprint density at radius 3 is 2.79 bits per heavy atom. The van der Waals surface area contributed by atoms with Crippen LogP contribution in [0.15, 0.2) is 24.3 Å². The number of hydrogen-bond donors (Lipinski definition) is 1. The smallest absolute Gasteiger partial charge is 0.150 e. The van der Waals surface area contributed by atoms with Crippen molar-refractivity contribution in [3.8, 4) is 5.75 Å². The number of hydrogen-bond acceptors (Lipinski definition) is 3. The summed E-state index contributed by atoms with van der Waals surface area (Å²) in [4.78, 5) is 10.7. The Bertz CT molecular complexity index is 345. The van der Waals surface area contributed by atoms with Crippen LogP contribution in [-0.2, 0) is 0 Å². The minimum absolute atomic E-state index is 0.454. The van der Waals surface area contributed by atoms with Crippen molar-refractivity contribution in [1.82, 2.24) is 0 Å². The van der Waals surface area contributed by atoms with E-state index >= 15 is 0 Å². The first kappa shape index (κ1) is 10.5. The number of ether oxygens (including phenoxy) is 1. The van der Waals surface area contributed by atoms with Gasteiger partial charge >= 0.3 is 0 Å². The molecule has 1 aromatic rings. The van der Waals surface area contributed by atoms with Gasteiger partial charge in [-0.2, -0.15) is 0 Å². The maximum Gasteiger partial charge on any atom is 0.150 e. The molecule has 0 saturated heterocycles. The van der Waals surface area contributed by atoms with Crippen molar-refractivity contribution >= 4 is 12.4 Å². The first-order valence-electron chi connectivity index (χ1n) is 4.31. The molecule has 1 aromatic carbocycles. The van der Waals surface area contributed by atoms with Crippen LogP contribution in [0.2, 0.25) is 0 Å². The van der Waals surface area contributed by atoms with E-state index in [0.29, 0.717) is 12.1 Å². The Balaban J connectivity index is 3.08. The molecular formula is C11H13NO2. The summed E-state index contributed by atoms with van der Waals surface area (Å²) in [5.41, 5.74) is 6.79. The van der Waals surface area contributed by atoms with E-state index < -0.39 is 0 Å². The summed E-state index contributed by atoms with van der Waals surface area (Å²) in [7, 11) is 1.59. The summed E-state index contributed by atoms with van der Waals surface area (Å²) in [6.45, 7) is 0.454. The topological polar surface area (TPSA) is 52.3 Å². The van der Waals surface area contributed by atoms with Crippen LogP contribution in [0.4, 0.5) is 0 Å². The second-order valence-electron chi connectivity index (χ2n) is 2.75. The summed E-state index contributed by atoms with van der Waals surface area (Å²) in [6, 6.07) is 5.28. The molecule has 14 heavy (non-hydrogen) atoms. The van der Waals surface area contributed by atoms with Gasteiger partial charge in [-0.05, 0) is 23.8 Å². The zero-order valence-electron chi connectivity index (χ0n) is 8.07. The molecule has 3 heteroatoms. The monoisotopic (exact) mass is 191 g/mol. The predicted octanol–water partition coefficient (Wildman–Crippen LogP) is 1.48. The summed E-state index contributed by atoms with van der Waals surface area (Å²) in [5.74, 6) is 0.729. The third-order valence-electron chi connectivity index (χ3n) is 1.85. The highest BCUT2D eigenvalue weighted by molar-refractivity contribution is 5.82. The van der Waals surface area contributed by atoms with E-state index in [1.807, 2.05) is 6.08 Å². The number of nitrogens with two attached hydrogens (primary N) is 1. The summed E-state index contributed by atoms with van der Waals surface area (Å²) in [6.07, 6.45) is 4.42. The standard InChI is InChI=1S/C11H13NO2/c1-14-11-5-4-10(8-13)9(7-11)3-2-6-12/h2-5,7-8H,6,12H2,1H3. The molecule has 2 N–H and O–H groups in total. The lowest BCUT2D eigenvalue weighted by atomic mass is 10.1. The molecule has 0 radical (unpaired) electrons. The van der Waals surface area contributed by atoms with Gasteiger partial charge in [-0.1, -0.05) is 12.2 Å². The molecule has 0 amide bonds. The van der Waals surface area contributed by atoms with Gasteiger partial charge in [0, 0.05) is 12.1 Å². The van der Waals surface area contributed by atoms with Gasteiger partial charge in [0.15, 0.2) is 6.29 Å². The highest BCUT2D eigenvalue weighted by atomic mass is 16.5. The lowest BCUT2D eigenvalue weighted by Gasteiger charge is -2.03. The Labute approximate surface area is 83.2 Å². The third-order valence-corrected chi connectivity index (χ3v) is 1.85. The van der Waals surface area contributed by atoms with Crippen LogP contribution >= 0.6 is 0 Å². The second-order valence-corrected chi connectivity index (χ2v) is 2.75. The van der Waals surface area contributed by atoms with E-state index in [2.05, 4.69) is 0 Å². The van der Waals surface area contributed by atoms with Gasteiger partial charge in [-0.3, -0.25) is 4.79 Å². The number of rotatable bonds is 4. The molecule has 0 heterocycles. The molecule has 0 aliphatic carbocycles. The van der Waals surface area contributed by atoms with Gasteiger partial charge < -0.3 is 10.5 Å². The maximum absolute atomic E-state index is 10.7. The van der Waals surface area contributed by atoms with Crippen molar-refractivity contribution < 1.29 is 9.53 Å². The van der Waals surface area contributed by atoms with Crippen LogP contribution in [0.5, 0.6) is 5.75 Å². The number of carbonyl (C=O) groups excluding carboxylic acids is 1. The molecule has 0 unspecified atom stereocenters. The normalized spacial score (nSPS) is 10.4. The predicted molar refractivity (Wildman–Crippen MR) is 56.5 cm³/mol. The van der Waals surface area contributed by atoms with Crippen molar-refractivity contribution in [3.63, 3.8) is 0 Å². The zero-order valence-corrected chi connectivity index (χ0v) is 8.07. The fourth-order valence-electron chi connectivity index (χ4n) is 1.13. The van der Waals surface area contributed by atoms with E-state index in [-0.39, 0.29) is 0 Å². The van der Waals surface area contributed by atoms with Gasteiger partial charge in [-0.15, -0.1) is 0 Å². The lowest BCUT2D eigenvalue weighted by molar-refractivity contribution is 0.112. The van der Waals surface area contributed by atoms with Crippen LogP contribution in [0.1, 0.15) is 15.9 Å². The fraction of sp³-hybridized carbons (Fsp3) is 0.182. The van der Waals surface area contributed by atoms with E-state index in [1.54, 1.807) is 31.4 Å². The van der Waals surface area contributed by atoms with Gasteiger partial charge in [-0.25, -0.2) is 0 Å². The summed E-state index contributed by atoms with van der Waals surface area (Å²) >= 11 is 0. The molecule has 0 saturated carbocycles. The Morgan fingerprint density at radius 1 is 1.43 bits per heavy atom. The Kier molecular flexibility index (Phi) is 3.88. The molecule has 0 aromatic heterocycles.